The first-order chi connectivity index (χ1) is 11.7. The van der Waals surface area contributed by atoms with E-state index in [9.17, 15) is 10.1 Å². The van der Waals surface area contributed by atoms with Crippen molar-refractivity contribution in [1.29, 1.82) is 0 Å². The van der Waals surface area contributed by atoms with Crippen molar-refractivity contribution in [3.05, 3.63) is 75.4 Å². The fourth-order valence-electron chi connectivity index (χ4n) is 2.21. The topological polar surface area (TPSA) is 56.0 Å². The predicted octanol–water partition coefficient (Wildman–Crippen LogP) is 5.61. The third-order valence-electron chi connectivity index (χ3n) is 3.48. The van der Waals surface area contributed by atoms with Crippen LogP contribution in [0.25, 0.3) is 22.6 Å². The Hall–Kier alpha value is -2.44. The molecule has 0 saturated carbocycles. The van der Waals surface area contributed by atoms with Gasteiger partial charge in [0.25, 0.3) is 5.69 Å². The molecule has 3 rings (SSSR count). The average Bonchev–Trinajstić information content (AvgIpc) is 3.09. The summed E-state index contributed by atoms with van der Waals surface area (Å²) in [6, 6.07) is 14.9. The third kappa shape index (κ3) is 3.72. The number of hydrogen-bond donors (Lipinski definition) is 0. The molecule has 3 aromatic rings. The second-order valence-electron chi connectivity index (χ2n) is 4.98. The number of nitro groups is 1. The second-order valence-corrected chi connectivity index (χ2v) is 6.71. The molecule has 0 fully saturated rings. The first-order valence-electron chi connectivity index (χ1n) is 7.18. The Balaban J connectivity index is 1.83. The van der Waals surface area contributed by atoms with E-state index < -0.39 is 4.92 Å². The number of hydrogen-bond acceptors (Lipinski definition) is 5. The van der Waals surface area contributed by atoms with Gasteiger partial charge in [0.1, 0.15) is 0 Å². The molecule has 120 valence electrons. The quantitative estimate of drug-likeness (QED) is 0.339. The lowest BCUT2D eigenvalue weighted by molar-refractivity contribution is -0.384. The van der Waals surface area contributed by atoms with Crippen molar-refractivity contribution in [3.63, 3.8) is 0 Å². The summed E-state index contributed by atoms with van der Waals surface area (Å²) in [7, 11) is 0. The molecule has 1 aromatic heterocycles. The molecule has 0 aliphatic heterocycles. The summed E-state index contributed by atoms with van der Waals surface area (Å²) < 4.78 is 0. The van der Waals surface area contributed by atoms with Gasteiger partial charge >= 0.3 is 0 Å². The van der Waals surface area contributed by atoms with Gasteiger partial charge < -0.3 is 0 Å². The third-order valence-corrected chi connectivity index (χ3v) is 5.12. The SMILES string of the molecule is CSc1ccc(-c2scnc2/C=C/c2ccc([N+](=O)[O-])cc2)cc1. The number of rotatable bonds is 5. The minimum absolute atomic E-state index is 0.0929. The van der Waals surface area contributed by atoms with Gasteiger partial charge in [-0.15, -0.1) is 23.1 Å². The molecule has 1 heterocycles. The Bertz CT molecular complexity index is 869. The van der Waals surface area contributed by atoms with E-state index in [1.165, 1.54) is 17.0 Å². The predicted molar refractivity (Wildman–Crippen MR) is 101 cm³/mol. The van der Waals surface area contributed by atoms with Crippen molar-refractivity contribution in [2.75, 3.05) is 6.26 Å². The van der Waals surface area contributed by atoms with E-state index in [0.29, 0.717) is 0 Å². The fourth-order valence-corrected chi connectivity index (χ4v) is 3.41. The van der Waals surface area contributed by atoms with Crippen molar-refractivity contribution in [3.8, 4) is 10.4 Å². The number of thioether (sulfide) groups is 1. The van der Waals surface area contributed by atoms with Crippen LogP contribution in [0.2, 0.25) is 0 Å². The lowest BCUT2D eigenvalue weighted by atomic mass is 10.1. The molecule has 0 atom stereocenters. The van der Waals surface area contributed by atoms with Crippen molar-refractivity contribution in [2.45, 2.75) is 4.90 Å². The molecule has 0 spiro atoms. The van der Waals surface area contributed by atoms with Gasteiger partial charge in [-0.3, -0.25) is 10.1 Å². The molecule has 6 heteroatoms. The van der Waals surface area contributed by atoms with Crippen molar-refractivity contribution < 1.29 is 4.92 Å². The first-order valence-corrected chi connectivity index (χ1v) is 9.28. The van der Waals surface area contributed by atoms with Gasteiger partial charge in [0.15, 0.2) is 0 Å². The Labute approximate surface area is 148 Å². The van der Waals surface area contributed by atoms with Crippen LogP contribution in [0.15, 0.2) is 58.9 Å². The van der Waals surface area contributed by atoms with E-state index in [1.807, 2.05) is 17.7 Å². The van der Waals surface area contributed by atoms with Crippen LogP contribution in [0, 0.1) is 10.1 Å². The van der Waals surface area contributed by atoms with Gasteiger partial charge in [-0.1, -0.05) is 18.2 Å². The minimum Gasteiger partial charge on any atom is -0.258 e. The van der Waals surface area contributed by atoms with Gasteiger partial charge in [-0.25, -0.2) is 4.98 Å². The molecular formula is C18H14N2O2S2. The molecule has 0 N–H and O–H groups in total. The Morgan fingerprint density at radius 1 is 1.08 bits per heavy atom. The maximum Gasteiger partial charge on any atom is 0.269 e. The molecule has 0 aliphatic carbocycles. The lowest BCUT2D eigenvalue weighted by Gasteiger charge is -2.01. The van der Waals surface area contributed by atoms with Crippen LogP contribution >= 0.6 is 23.1 Å². The Kier molecular flexibility index (Phi) is 5.08. The van der Waals surface area contributed by atoms with E-state index in [4.69, 9.17) is 0 Å². The van der Waals surface area contributed by atoms with Crippen LogP contribution in [0.4, 0.5) is 5.69 Å². The molecule has 0 amide bonds. The highest BCUT2D eigenvalue weighted by atomic mass is 32.2. The molecule has 0 saturated heterocycles. The Morgan fingerprint density at radius 2 is 1.79 bits per heavy atom. The standard InChI is InChI=1S/C18H14N2O2S2/c1-23-16-9-5-14(6-10-16)18-17(19-12-24-18)11-4-13-2-7-15(8-3-13)20(21)22/h2-12H,1H3/b11-4+. The van der Waals surface area contributed by atoms with E-state index in [1.54, 1.807) is 35.2 Å². The molecule has 2 aromatic carbocycles. The van der Waals surface area contributed by atoms with E-state index in [-0.39, 0.29) is 5.69 Å². The summed E-state index contributed by atoms with van der Waals surface area (Å²) in [5, 5.41) is 10.7. The number of non-ortho nitro benzene ring substituents is 1. The highest BCUT2D eigenvalue weighted by molar-refractivity contribution is 7.98. The summed E-state index contributed by atoms with van der Waals surface area (Å²) in [5.41, 5.74) is 4.86. The van der Waals surface area contributed by atoms with Crippen LogP contribution in [-0.2, 0) is 0 Å². The van der Waals surface area contributed by atoms with Gasteiger partial charge in [0.2, 0.25) is 0 Å². The number of nitro benzene ring substituents is 1. The summed E-state index contributed by atoms with van der Waals surface area (Å²) in [4.78, 5) is 17.0. The van der Waals surface area contributed by atoms with Crippen molar-refractivity contribution >= 4 is 40.9 Å². The van der Waals surface area contributed by atoms with Crippen LogP contribution < -0.4 is 0 Å². The maximum atomic E-state index is 10.7. The fraction of sp³-hybridized carbons (Fsp3) is 0.0556. The molecule has 4 nitrogen and oxygen atoms in total. The van der Waals surface area contributed by atoms with Crippen LogP contribution in [-0.4, -0.2) is 16.2 Å². The summed E-state index contributed by atoms with van der Waals surface area (Å²) >= 11 is 3.31. The van der Waals surface area contributed by atoms with Gasteiger partial charge in [-0.05, 0) is 47.7 Å². The lowest BCUT2D eigenvalue weighted by Crippen LogP contribution is -1.86. The van der Waals surface area contributed by atoms with E-state index >= 15 is 0 Å². The van der Waals surface area contributed by atoms with Crippen molar-refractivity contribution in [2.24, 2.45) is 0 Å². The zero-order chi connectivity index (χ0) is 16.9. The minimum atomic E-state index is -0.399. The number of benzene rings is 2. The number of aromatic nitrogens is 1. The maximum absolute atomic E-state index is 10.7. The average molecular weight is 354 g/mol. The second kappa shape index (κ2) is 7.42. The normalized spacial score (nSPS) is 11.0. The zero-order valence-electron chi connectivity index (χ0n) is 12.9. The zero-order valence-corrected chi connectivity index (χ0v) is 14.5. The van der Waals surface area contributed by atoms with Crippen LogP contribution in [0.3, 0.4) is 0 Å². The summed E-state index contributed by atoms with van der Waals surface area (Å²) in [6.45, 7) is 0. The molecule has 0 bridgehead atoms. The van der Waals surface area contributed by atoms with E-state index in [0.717, 1.165) is 21.7 Å². The monoisotopic (exact) mass is 354 g/mol. The first kappa shape index (κ1) is 16.4. The van der Waals surface area contributed by atoms with Crippen LogP contribution in [0.1, 0.15) is 11.3 Å². The van der Waals surface area contributed by atoms with Gasteiger partial charge in [0.05, 0.1) is 21.0 Å². The molecule has 24 heavy (non-hydrogen) atoms. The van der Waals surface area contributed by atoms with E-state index in [2.05, 4.69) is 35.5 Å². The number of thiazole rings is 1. The van der Waals surface area contributed by atoms with Crippen molar-refractivity contribution in [1.82, 2.24) is 4.98 Å². The van der Waals surface area contributed by atoms with Gasteiger partial charge in [0, 0.05) is 17.0 Å². The Morgan fingerprint density at radius 3 is 2.42 bits per heavy atom. The van der Waals surface area contributed by atoms with Crippen LogP contribution in [0.5, 0.6) is 0 Å². The largest absolute Gasteiger partial charge is 0.269 e. The number of nitrogens with zero attached hydrogens (tertiary/aromatic N) is 2. The molecule has 0 unspecified atom stereocenters. The summed E-state index contributed by atoms with van der Waals surface area (Å²) in [5.74, 6) is 0. The highest BCUT2D eigenvalue weighted by Gasteiger charge is 2.07. The summed E-state index contributed by atoms with van der Waals surface area (Å²) in [6.07, 6.45) is 5.91. The molecule has 0 radical (unpaired) electrons. The molecular weight excluding hydrogens is 340 g/mol. The highest BCUT2D eigenvalue weighted by Crippen LogP contribution is 2.30. The van der Waals surface area contributed by atoms with Gasteiger partial charge in [-0.2, -0.15) is 0 Å². The smallest absolute Gasteiger partial charge is 0.258 e. The molecule has 0 aliphatic rings.